The van der Waals surface area contributed by atoms with Crippen molar-refractivity contribution >= 4 is 29.6 Å². The van der Waals surface area contributed by atoms with Crippen LogP contribution in [0, 0.1) is 5.92 Å². The number of nitrogens with zero attached hydrogens (tertiary/aromatic N) is 1. The van der Waals surface area contributed by atoms with Gasteiger partial charge in [-0.3, -0.25) is 14.4 Å². The summed E-state index contributed by atoms with van der Waals surface area (Å²) in [5.74, 6) is -0.534. The van der Waals surface area contributed by atoms with Gasteiger partial charge in [0.1, 0.15) is 5.75 Å². The molecule has 1 heterocycles. The normalized spacial score (nSPS) is 15.5. The quantitative estimate of drug-likeness (QED) is 0.460. The number of anilines is 1. The van der Waals surface area contributed by atoms with Crippen LogP contribution >= 0.6 is 0 Å². The summed E-state index contributed by atoms with van der Waals surface area (Å²) in [7, 11) is 0. The van der Waals surface area contributed by atoms with E-state index in [2.05, 4.69) is 10.6 Å². The van der Waals surface area contributed by atoms with Crippen LogP contribution < -0.4 is 15.4 Å². The van der Waals surface area contributed by atoms with Crippen molar-refractivity contribution in [2.45, 2.75) is 46.2 Å². The van der Waals surface area contributed by atoms with Crippen LogP contribution in [0.15, 0.2) is 48.5 Å². The highest BCUT2D eigenvalue weighted by Gasteiger charge is 2.39. The molecule has 2 aromatic rings. The first-order valence-corrected chi connectivity index (χ1v) is 11.5. The zero-order valence-electron chi connectivity index (χ0n) is 20.4. The van der Waals surface area contributed by atoms with E-state index in [0.717, 1.165) is 5.56 Å². The molecule has 0 spiro atoms. The second kappa shape index (κ2) is 11.0. The molecule has 0 bridgehead atoms. The lowest BCUT2D eigenvalue weighted by Gasteiger charge is -2.31. The Labute approximate surface area is 204 Å². The van der Waals surface area contributed by atoms with Crippen molar-refractivity contribution < 1.29 is 28.7 Å². The van der Waals surface area contributed by atoms with Crippen LogP contribution in [0.2, 0.25) is 0 Å². The van der Waals surface area contributed by atoms with E-state index in [9.17, 15) is 19.2 Å². The summed E-state index contributed by atoms with van der Waals surface area (Å²) >= 11 is 0. The molecule has 186 valence electrons. The first-order chi connectivity index (χ1) is 16.6. The standard InChI is InChI=1S/C26H31N3O6/c1-5-34-25(33)35-21-12-8-18(9-13-21)24(32)28-20-10-6-17(7-11-20)15-27-23(31)19-14-22(30)29(16-19)26(2,3)4/h6-13,19H,5,14-16H2,1-4H3,(H,27,31)(H,28,32). The van der Waals surface area contributed by atoms with E-state index in [-0.39, 0.29) is 48.0 Å². The van der Waals surface area contributed by atoms with Gasteiger partial charge >= 0.3 is 6.16 Å². The van der Waals surface area contributed by atoms with Crippen molar-refractivity contribution in [3.05, 3.63) is 59.7 Å². The summed E-state index contributed by atoms with van der Waals surface area (Å²) in [5, 5.41) is 5.69. The highest BCUT2D eigenvalue weighted by Crippen LogP contribution is 2.26. The van der Waals surface area contributed by atoms with Crippen LogP contribution in [-0.4, -0.2) is 47.5 Å². The fourth-order valence-corrected chi connectivity index (χ4v) is 3.69. The maximum Gasteiger partial charge on any atom is 0.513 e. The maximum absolute atomic E-state index is 12.5. The maximum atomic E-state index is 12.5. The number of benzene rings is 2. The van der Waals surface area contributed by atoms with Gasteiger partial charge in [0.2, 0.25) is 11.8 Å². The zero-order valence-corrected chi connectivity index (χ0v) is 20.4. The predicted molar refractivity (Wildman–Crippen MR) is 130 cm³/mol. The first kappa shape index (κ1) is 25.7. The number of hydrogen-bond donors (Lipinski definition) is 2. The lowest BCUT2D eigenvalue weighted by Crippen LogP contribution is -2.43. The van der Waals surface area contributed by atoms with Gasteiger partial charge in [-0.05, 0) is 69.7 Å². The Morgan fingerprint density at radius 3 is 2.26 bits per heavy atom. The minimum Gasteiger partial charge on any atom is -0.434 e. The van der Waals surface area contributed by atoms with E-state index < -0.39 is 6.16 Å². The number of amides is 3. The van der Waals surface area contributed by atoms with E-state index in [1.165, 1.54) is 12.1 Å². The molecule has 2 N–H and O–H groups in total. The summed E-state index contributed by atoms with van der Waals surface area (Å²) in [6, 6.07) is 13.2. The molecule has 1 aliphatic rings. The van der Waals surface area contributed by atoms with E-state index in [1.54, 1.807) is 36.1 Å². The van der Waals surface area contributed by atoms with Crippen molar-refractivity contribution in [1.82, 2.24) is 10.2 Å². The van der Waals surface area contributed by atoms with Gasteiger partial charge < -0.3 is 25.0 Å². The van der Waals surface area contributed by atoms with Gasteiger partial charge in [0.15, 0.2) is 0 Å². The Morgan fingerprint density at radius 1 is 1.03 bits per heavy atom. The minimum atomic E-state index is -0.801. The number of nitrogens with one attached hydrogen (secondary N) is 2. The molecule has 2 aromatic carbocycles. The molecule has 3 rings (SSSR count). The van der Waals surface area contributed by atoms with Crippen molar-refractivity contribution in [3.8, 4) is 5.75 Å². The summed E-state index contributed by atoms with van der Waals surface area (Å²) in [5.41, 5.74) is 1.56. The molecule has 35 heavy (non-hydrogen) atoms. The fraction of sp³-hybridized carbons (Fsp3) is 0.385. The van der Waals surface area contributed by atoms with Crippen molar-refractivity contribution in [3.63, 3.8) is 0 Å². The molecular formula is C26H31N3O6. The highest BCUT2D eigenvalue weighted by atomic mass is 16.7. The lowest BCUT2D eigenvalue weighted by molar-refractivity contribution is -0.132. The summed E-state index contributed by atoms with van der Waals surface area (Å²) in [6.45, 7) is 8.52. The third-order valence-electron chi connectivity index (χ3n) is 5.56. The van der Waals surface area contributed by atoms with Crippen LogP contribution in [0.5, 0.6) is 5.75 Å². The molecule has 1 atom stereocenters. The van der Waals surface area contributed by atoms with Crippen LogP contribution in [0.3, 0.4) is 0 Å². The van der Waals surface area contributed by atoms with Crippen LogP contribution in [0.1, 0.15) is 50.0 Å². The monoisotopic (exact) mass is 481 g/mol. The predicted octanol–water partition coefficient (Wildman–Crippen LogP) is 3.74. The third-order valence-corrected chi connectivity index (χ3v) is 5.56. The van der Waals surface area contributed by atoms with Gasteiger partial charge in [0.05, 0.1) is 12.5 Å². The van der Waals surface area contributed by atoms with Gasteiger partial charge in [0.25, 0.3) is 5.91 Å². The summed E-state index contributed by atoms with van der Waals surface area (Å²) in [4.78, 5) is 50.3. The number of carbonyl (C=O) groups is 4. The number of likely N-dealkylation sites (tertiary alicyclic amines) is 1. The summed E-state index contributed by atoms with van der Waals surface area (Å²) in [6.07, 6.45) is -0.575. The smallest absolute Gasteiger partial charge is 0.434 e. The number of carbonyl (C=O) groups excluding carboxylic acids is 4. The SMILES string of the molecule is CCOC(=O)Oc1ccc(C(=O)Nc2ccc(CNC(=O)C3CC(=O)N(C(C)(C)C)C3)cc2)cc1. The largest absolute Gasteiger partial charge is 0.513 e. The molecule has 9 nitrogen and oxygen atoms in total. The lowest BCUT2D eigenvalue weighted by atomic mass is 10.1. The van der Waals surface area contributed by atoms with Crippen LogP contribution in [0.25, 0.3) is 0 Å². The molecule has 1 fully saturated rings. The molecule has 0 aromatic heterocycles. The van der Waals surface area contributed by atoms with Crippen molar-refractivity contribution in [2.24, 2.45) is 5.92 Å². The number of rotatable bonds is 7. The molecule has 3 amide bonds. The van der Waals surface area contributed by atoms with Crippen molar-refractivity contribution in [2.75, 3.05) is 18.5 Å². The van der Waals surface area contributed by atoms with Crippen molar-refractivity contribution in [1.29, 1.82) is 0 Å². The molecule has 1 unspecified atom stereocenters. The second-order valence-corrected chi connectivity index (χ2v) is 9.25. The van der Waals surface area contributed by atoms with E-state index >= 15 is 0 Å². The zero-order chi connectivity index (χ0) is 25.6. The number of hydrogen-bond acceptors (Lipinski definition) is 6. The molecule has 1 aliphatic heterocycles. The van der Waals surface area contributed by atoms with Gasteiger partial charge in [0, 0.05) is 36.3 Å². The van der Waals surface area contributed by atoms with Gasteiger partial charge in [-0.15, -0.1) is 0 Å². The Balaban J connectivity index is 1.48. The van der Waals surface area contributed by atoms with Gasteiger partial charge in [-0.2, -0.15) is 0 Å². The Kier molecular flexibility index (Phi) is 8.11. The van der Waals surface area contributed by atoms with E-state index in [4.69, 9.17) is 9.47 Å². The minimum absolute atomic E-state index is 0.00101. The fourth-order valence-electron chi connectivity index (χ4n) is 3.69. The van der Waals surface area contributed by atoms with Gasteiger partial charge in [-0.25, -0.2) is 4.79 Å². The Bertz CT molecular complexity index is 1070. The second-order valence-electron chi connectivity index (χ2n) is 9.25. The topological polar surface area (TPSA) is 114 Å². The van der Waals surface area contributed by atoms with E-state index in [1.807, 2.05) is 32.9 Å². The van der Waals surface area contributed by atoms with Gasteiger partial charge in [-0.1, -0.05) is 12.1 Å². The molecular weight excluding hydrogens is 450 g/mol. The number of ether oxygens (including phenoxy) is 2. The third kappa shape index (κ3) is 7.05. The van der Waals surface area contributed by atoms with E-state index in [0.29, 0.717) is 24.3 Å². The highest BCUT2D eigenvalue weighted by molar-refractivity contribution is 6.04. The molecule has 0 radical (unpaired) electrons. The van der Waals surface area contributed by atoms with Crippen LogP contribution in [0.4, 0.5) is 10.5 Å². The molecule has 0 aliphatic carbocycles. The Morgan fingerprint density at radius 2 is 1.69 bits per heavy atom. The van der Waals surface area contributed by atoms with Crippen LogP contribution in [-0.2, 0) is 20.9 Å². The molecule has 9 heteroatoms. The average Bonchev–Trinajstić information content (AvgIpc) is 3.21. The summed E-state index contributed by atoms with van der Waals surface area (Å²) < 4.78 is 9.69. The Hall–Kier alpha value is -3.88. The molecule has 0 saturated carbocycles. The first-order valence-electron chi connectivity index (χ1n) is 11.5. The molecule has 1 saturated heterocycles. The average molecular weight is 482 g/mol.